The van der Waals surface area contributed by atoms with E-state index in [4.69, 9.17) is 5.73 Å². The third-order valence-corrected chi connectivity index (χ3v) is 2.90. The van der Waals surface area contributed by atoms with Gasteiger partial charge in [0.15, 0.2) is 0 Å². The maximum atomic E-state index is 13.3. The van der Waals surface area contributed by atoms with Gasteiger partial charge in [0, 0.05) is 0 Å². The molecule has 0 aromatic heterocycles. The molecule has 2 N–H and O–H groups in total. The molecular weight excluding hydrogens is 262 g/mol. The summed E-state index contributed by atoms with van der Waals surface area (Å²) in [4.78, 5) is 0. The van der Waals surface area contributed by atoms with Crippen molar-refractivity contribution in [3.8, 4) is 11.5 Å². The second kappa shape index (κ2) is 4.65. The first kappa shape index (κ1) is 14.6. The maximum absolute atomic E-state index is 13.3. The molecule has 0 heterocycles. The first-order valence-electron chi connectivity index (χ1n) is 5.20. The topological polar surface area (TPSA) is 26.0 Å². The highest BCUT2D eigenvalue weighted by molar-refractivity contribution is 6.83. The summed E-state index contributed by atoms with van der Waals surface area (Å²) in [6.45, 7) is 5.79. The van der Waals surface area contributed by atoms with Crippen molar-refractivity contribution in [2.75, 3.05) is 5.73 Å². The maximum Gasteiger partial charge on any atom is 0.416 e. The van der Waals surface area contributed by atoms with Crippen LogP contribution < -0.4 is 5.73 Å². The van der Waals surface area contributed by atoms with Crippen molar-refractivity contribution in [2.24, 2.45) is 0 Å². The van der Waals surface area contributed by atoms with E-state index in [1.54, 1.807) is 0 Å². The molecule has 0 aliphatic carbocycles. The van der Waals surface area contributed by atoms with Gasteiger partial charge in [-0.05, 0) is 12.1 Å². The molecule has 0 aliphatic heterocycles. The molecule has 1 aromatic carbocycles. The average Bonchev–Trinajstić information content (AvgIpc) is 2.17. The summed E-state index contributed by atoms with van der Waals surface area (Å²) < 4.78 is 50.8. The minimum absolute atomic E-state index is 0.107. The Morgan fingerprint density at radius 2 is 1.72 bits per heavy atom. The second-order valence-corrected chi connectivity index (χ2v) is 9.67. The van der Waals surface area contributed by atoms with Gasteiger partial charge in [0.1, 0.15) is 13.9 Å². The average molecular weight is 275 g/mol. The van der Waals surface area contributed by atoms with Gasteiger partial charge in [-0.1, -0.05) is 25.6 Å². The summed E-state index contributed by atoms with van der Waals surface area (Å²) in [6, 6.07) is 1.17. The Balaban J connectivity index is 3.35. The Kier molecular flexibility index (Phi) is 3.77. The Morgan fingerprint density at radius 3 is 2.17 bits per heavy atom. The highest BCUT2D eigenvalue weighted by atomic mass is 28.3. The molecule has 1 rings (SSSR count). The highest BCUT2D eigenvalue weighted by Crippen LogP contribution is 2.32. The van der Waals surface area contributed by atoms with E-state index in [-0.39, 0.29) is 11.3 Å². The van der Waals surface area contributed by atoms with Gasteiger partial charge in [-0.3, -0.25) is 0 Å². The molecule has 0 saturated heterocycles. The minimum Gasteiger partial charge on any atom is -0.395 e. The fourth-order valence-electron chi connectivity index (χ4n) is 1.14. The van der Waals surface area contributed by atoms with E-state index in [0.29, 0.717) is 6.07 Å². The predicted octanol–water partition coefficient (Wildman–Crippen LogP) is 3.66. The molecule has 0 spiro atoms. The molecule has 0 aliphatic rings. The molecule has 0 unspecified atom stereocenters. The van der Waals surface area contributed by atoms with Gasteiger partial charge in [0.05, 0.1) is 16.8 Å². The number of benzene rings is 1. The van der Waals surface area contributed by atoms with Crippen LogP contribution in [-0.2, 0) is 6.18 Å². The predicted molar refractivity (Wildman–Crippen MR) is 66.0 cm³/mol. The summed E-state index contributed by atoms with van der Waals surface area (Å²) in [5.41, 5.74) is 6.73. The number of halogens is 4. The van der Waals surface area contributed by atoms with Crippen LogP contribution in [0.2, 0.25) is 19.6 Å². The monoisotopic (exact) mass is 275 g/mol. The van der Waals surface area contributed by atoms with Gasteiger partial charge in [-0.25, -0.2) is 4.39 Å². The smallest absolute Gasteiger partial charge is 0.395 e. The summed E-state index contributed by atoms with van der Waals surface area (Å²) in [5.74, 6) is 1.46. The SMILES string of the molecule is C[Si](C)(C)C#Cc1cc(C(F)(F)F)cc(F)c1N. The van der Waals surface area contributed by atoms with Gasteiger partial charge >= 0.3 is 6.18 Å². The van der Waals surface area contributed by atoms with Crippen LogP contribution in [0.15, 0.2) is 12.1 Å². The first-order chi connectivity index (χ1) is 8.00. The van der Waals surface area contributed by atoms with Crippen LogP contribution in [0.4, 0.5) is 23.2 Å². The van der Waals surface area contributed by atoms with Crippen molar-refractivity contribution in [2.45, 2.75) is 25.8 Å². The van der Waals surface area contributed by atoms with Gasteiger partial charge < -0.3 is 5.73 Å². The van der Waals surface area contributed by atoms with Crippen molar-refractivity contribution >= 4 is 13.8 Å². The van der Waals surface area contributed by atoms with Gasteiger partial charge in [-0.2, -0.15) is 13.2 Å². The fourth-order valence-corrected chi connectivity index (χ4v) is 1.65. The van der Waals surface area contributed by atoms with E-state index in [9.17, 15) is 17.6 Å². The highest BCUT2D eigenvalue weighted by Gasteiger charge is 2.32. The number of nitrogens with two attached hydrogens (primary N) is 1. The lowest BCUT2D eigenvalue weighted by molar-refractivity contribution is -0.137. The van der Waals surface area contributed by atoms with E-state index in [1.807, 2.05) is 19.6 Å². The van der Waals surface area contributed by atoms with E-state index < -0.39 is 25.6 Å². The first-order valence-corrected chi connectivity index (χ1v) is 8.70. The summed E-state index contributed by atoms with van der Waals surface area (Å²) in [5, 5.41) is 0. The molecule has 0 atom stereocenters. The lowest BCUT2D eigenvalue weighted by Crippen LogP contribution is -2.16. The Labute approximate surface area is 104 Å². The number of hydrogen-bond donors (Lipinski definition) is 1. The zero-order valence-electron chi connectivity index (χ0n) is 10.2. The van der Waals surface area contributed by atoms with Gasteiger partial charge in [-0.15, -0.1) is 5.54 Å². The Bertz CT molecular complexity index is 518. The van der Waals surface area contributed by atoms with Crippen LogP contribution in [0.1, 0.15) is 11.1 Å². The zero-order valence-corrected chi connectivity index (χ0v) is 11.2. The normalized spacial score (nSPS) is 11.9. The fraction of sp³-hybridized carbons (Fsp3) is 0.333. The molecule has 1 aromatic rings. The quantitative estimate of drug-likeness (QED) is 0.332. The summed E-state index contributed by atoms with van der Waals surface area (Å²) in [6.07, 6.45) is -4.61. The molecule has 6 heteroatoms. The van der Waals surface area contributed by atoms with Crippen LogP contribution in [0, 0.1) is 17.3 Å². The van der Waals surface area contributed by atoms with Crippen molar-refractivity contribution in [1.29, 1.82) is 0 Å². The molecule has 0 saturated carbocycles. The number of nitrogen functional groups attached to an aromatic ring is 1. The van der Waals surface area contributed by atoms with Crippen LogP contribution in [0.25, 0.3) is 0 Å². The lowest BCUT2D eigenvalue weighted by Gasteiger charge is -2.10. The van der Waals surface area contributed by atoms with E-state index >= 15 is 0 Å². The third kappa shape index (κ3) is 3.77. The van der Waals surface area contributed by atoms with Gasteiger partial charge in [0.2, 0.25) is 0 Å². The number of alkyl halides is 3. The van der Waals surface area contributed by atoms with Crippen molar-refractivity contribution < 1.29 is 17.6 Å². The molecule has 18 heavy (non-hydrogen) atoms. The number of rotatable bonds is 0. The van der Waals surface area contributed by atoms with E-state index in [2.05, 4.69) is 11.5 Å². The number of hydrogen-bond acceptors (Lipinski definition) is 1. The molecule has 98 valence electrons. The summed E-state index contributed by atoms with van der Waals surface area (Å²) >= 11 is 0. The third-order valence-electron chi connectivity index (χ3n) is 2.03. The Morgan fingerprint density at radius 1 is 1.17 bits per heavy atom. The molecule has 1 nitrogen and oxygen atoms in total. The van der Waals surface area contributed by atoms with Crippen LogP contribution in [-0.4, -0.2) is 8.07 Å². The standard InChI is InChI=1S/C12H13F4NSi/c1-18(2,3)5-4-8-6-9(12(14,15)16)7-10(13)11(8)17/h6-7H,17H2,1-3H3. The van der Waals surface area contributed by atoms with Crippen LogP contribution >= 0.6 is 0 Å². The van der Waals surface area contributed by atoms with Crippen LogP contribution in [0.3, 0.4) is 0 Å². The van der Waals surface area contributed by atoms with Crippen molar-refractivity contribution in [1.82, 2.24) is 0 Å². The molecule has 0 fully saturated rings. The Hall–Kier alpha value is -1.48. The minimum atomic E-state index is -4.61. The van der Waals surface area contributed by atoms with E-state index in [1.165, 1.54) is 0 Å². The molecule has 0 bridgehead atoms. The molecule has 0 amide bonds. The van der Waals surface area contributed by atoms with Gasteiger partial charge in [0.25, 0.3) is 0 Å². The van der Waals surface area contributed by atoms with Crippen LogP contribution in [0.5, 0.6) is 0 Å². The number of anilines is 1. The second-order valence-electron chi connectivity index (χ2n) is 4.92. The van der Waals surface area contributed by atoms with Crippen molar-refractivity contribution in [3.63, 3.8) is 0 Å². The lowest BCUT2D eigenvalue weighted by atomic mass is 10.1. The summed E-state index contributed by atoms with van der Waals surface area (Å²) in [7, 11) is -1.76. The zero-order chi connectivity index (χ0) is 14.1. The largest absolute Gasteiger partial charge is 0.416 e. The molecular formula is C12H13F4NSi. The van der Waals surface area contributed by atoms with Crippen molar-refractivity contribution in [3.05, 3.63) is 29.1 Å². The van der Waals surface area contributed by atoms with E-state index in [0.717, 1.165) is 6.07 Å². The molecule has 0 radical (unpaired) electrons.